The Hall–Kier alpha value is -2.49. The van der Waals surface area contributed by atoms with Gasteiger partial charge in [-0.05, 0) is 53.8 Å². The van der Waals surface area contributed by atoms with Crippen molar-refractivity contribution in [2.75, 3.05) is 0 Å². The second kappa shape index (κ2) is 6.95. The molecule has 0 saturated carbocycles. The minimum atomic E-state index is -0.236. The van der Waals surface area contributed by atoms with Crippen LogP contribution in [0.4, 0.5) is 4.39 Å². The van der Waals surface area contributed by atoms with Crippen molar-refractivity contribution in [1.82, 2.24) is 14.8 Å². The van der Waals surface area contributed by atoms with Crippen LogP contribution in [0.3, 0.4) is 0 Å². The van der Waals surface area contributed by atoms with Crippen molar-refractivity contribution in [1.29, 1.82) is 0 Å². The fraction of sp³-hybridized carbons (Fsp3) is 0.300. The van der Waals surface area contributed by atoms with E-state index in [1.165, 1.54) is 17.7 Å². The second-order valence-electron chi connectivity index (χ2n) is 6.40. The lowest BCUT2D eigenvalue weighted by Crippen LogP contribution is -2.04. The quantitative estimate of drug-likeness (QED) is 0.664. The highest BCUT2D eigenvalue weighted by molar-refractivity contribution is 5.81. The molecular weight excluding hydrogens is 301 g/mol. The first-order chi connectivity index (χ1) is 11.6. The normalized spacial score (nSPS) is 11.2. The highest BCUT2D eigenvalue weighted by atomic mass is 19.1. The zero-order valence-corrected chi connectivity index (χ0v) is 14.3. The first-order valence-corrected chi connectivity index (χ1v) is 8.35. The summed E-state index contributed by atoms with van der Waals surface area (Å²) in [6.45, 7) is 7.31. The summed E-state index contributed by atoms with van der Waals surface area (Å²) >= 11 is 0. The molecule has 0 amide bonds. The summed E-state index contributed by atoms with van der Waals surface area (Å²) in [5.74, 6) is 0.266. The first kappa shape index (κ1) is 16.4. The van der Waals surface area contributed by atoms with Crippen molar-refractivity contribution in [2.45, 2.75) is 33.7 Å². The lowest BCUT2D eigenvalue weighted by Gasteiger charge is -2.07. The molecule has 0 radical (unpaired) electrons. The maximum Gasteiger partial charge on any atom is 0.123 e. The van der Waals surface area contributed by atoms with Crippen LogP contribution in [-0.2, 0) is 13.0 Å². The number of halogens is 1. The molecule has 4 heteroatoms. The minimum absolute atomic E-state index is 0.236. The molecule has 1 aromatic carbocycles. The van der Waals surface area contributed by atoms with Crippen LogP contribution in [0.25, 0.3) is 22.4 Å². The number of hydrogen-bond donors (Lipinski definition) is 0. The van der Waals surface area contributed by atoms with Gasteiger partial charge in [-0.15, -0.1) is 0 Å². The van der Waals surface area contributed by atoms with Gasteiger partial charge in [-0.2, -0.15) is 5.10 Å². The summed E-state index contributed by atoms with van der Waals surface area (Å²) in [4.78, 5) is 4.23. The third kappa shape index (κ3) is 3.37. The van der Waals surface area contributed by atoms with Crippen molar-refractivity contribution in [3.8, 4) is 22.4 Å². The highest BCUT2D eigenvalue weighted by Crippen LogP contribution is 2.33. The van der Waals surface area contributed by atoms with Gasteiger partial charge in [-0.25, -0.2) is 4.39 Å². The van der Waals surface area contributed by atoms with E-state index in [0.717, 1.165) is 35.3 Å². The SMILES string of the molecule is CCc1cnccc1-c1cn(CC(C)C)nc1-c1ccc(F)cc1. The summed E-state index contributed by atoms with van der Waals surface area (Å²) in [6.07, 6.45) is 6.71. The molecule has 2 aromatic heterocycles. The Balaban J connectivity index is 2.16. The summed E-state index contributed by atoms with van der Waals surface area (Å²) in [7, 11) is 0. The lowest BCUT2D eigenvalue weighted by molar-refractivity contribution is 0.484. The molecule has 0 spiro atoms. The first-order valence-electron chi connectivity index (χ1n) is 8.35. The predicted octanol–water partition coefficient (Wildman–Crippen LogP) is 4.97. The number of pyridine rings is 1. The number of nitrogens with zero attached hydrogens (tertiary/aromatic N) is 3. The molecule has 0 aliphatic heterocycles. The van der Waals surface area contributed by atoms with Crippen LogP contribution in [0.2, 0.25) is 0 Å². The second-order valence-corrected chi connectivity index (χ2v) is 6.40. The lowest BCUT2D eigenvalue weighted by atomic mass is 9.98. The summed E-state index contributed by atoms with van der Waals surface area (Å²) in [5, 5.41) is 4.78. The summed E-state index contributed by atoms with van der Waals surface area (Å²) in [5.41, 5.74) is 5.21. The van der Waals surface area contributed by atoms with Crippen LogP contribution in [-0.4, -0.2) is 14.8 Å². The molecule has 0 aliphatic carbocycles. The summed E-state index contributed by atoms with van der Waals surface area (Å²) < 4.78 is 15.3. The molecule has 0 bridgehead atoms. The summed E-state index contributed by atoms with van der Waals surface area (Å²) in [6, 6.07) is 8.56. The molecule has 3 nitrogen and oxygen atoms in total. The predicted molar refractivity (Wildman–Crippen MR) is 95.1 cm³/mol. The maximum atomic E-state index is 13.3. The highest BCUT2D eigenvalue weighted by Gasteiger charge is 2.16. The maximum absolute atomic E-state index is 13.3. The van der Waals surface area contributed by atoms with Gasteiger partial charge in [-0.1, -0.05) is 20.8 Å². The van der Waals surface area contributed by atoms with E-state index in [1.807, 2.05) is 23.1 Å². The average molecular weight is 323 g/mol. The Morgan fingerprint density at radius 2 is 1.83 bits per heavy atom. The van der Waals surface area contributed by atoms with Gasteiger partial charge in [-0.3, -0.25) is 9.67 Å². The van der Waals surface area contributed by atoms with Gasteiger partial charge >= 0.3 is 0 Å². The van der Waals surface area contributed by atoms with Crippen LogP contribution in [0.1, 0.15) is 26.3 Å². The van der Waals surface area contributed by atoms with Crippen LogP contribution >= 0.6 is 0 Å². The van der Waals surface area contributed by atoms with Crippen LogP contribution < -0.4 is 0 Å². The number of aromatic nitrogens is 3. The number of rotatable bonds is 5. The standard InChI is InChI=1S/C20H22FN3/c1-4-15-11-22-10-9-18(15)19-13-24(12-14(2)3)23-20(19)16-5-7-17(21)8-6-16/h5-11,13-14H,4,12H2,1-3H3. The molecule has 3 rings (SSSR count). The average Bonchev–Trinajstić information content (AvgIpc) is 2.98. The van der Waals surface area contributed by atoms with E-state index in [9.17, 15) is 4.39 Å². The molecule has 0 atom stereocenters. The molecule has 3 aromatic rings. The Morgan fingerprint density at radius 3 is 2.50 bits per heavy atom. The third-order valence-corrected chi connectivity index (χ3v) is 4.01. The van der Waals surface area contributed by atoms with Gasteiger partial charge in [0.2, 0.25) is 0 Å². The zero-order valence-electron chi connectivity index (χ0n) is 14.3. The minimum Gasteiger partial charge on any atom is -0.271 e. The van der Waals surface area contributed by atoms with E-state index in [0.29, 0.717) is 5.92 Å². The van der Waals surface area contributed by atoms with Crippen LogP contribution in [0.15, 0.2) is 48.9 Å². The van der Waals surface area contributed by atoms with E-state index >= 15 is 0 Å². The van der Waals surface area contributed by atoms with Crippen LogP contribution in [0.5, 0.6) is 0 Å². The van der Waals surface area contributed by atoms with Crippen molar-refractivity contribution >= 4 is 0 Å². The van der Waals surface area contributed by atoms with Gasteiger partial charge in [0.05, 0.1) is 0 Å². The van der Waals surface area contributed by atoms with E-state index in [4.69, 9.17) is 5.10 Å². The van der Waals surface area contributed by atoms with Gasteiger partial charge in [0.1, 0.15) is 11.5 Å². The largest absolute Gasteiger partial charge is 0.271 e. The molecule has 24 heavy (non-hydrogen) atoms. The molecule has 0 aliphatic rings. The topological polar surface area (TPSA) is 30.7 Å². The van der Waals surface area contributed by atoms with E-state index in [2.05, 4.69) is 32.0 Å². The smallest absolute Gasteiger partial charge is 0.123 e. The Kier molecular flexibility index (Phi) is 4.74. The van der Waals surface area contributed by atoms with E-state index in [1.54, 1.807) is 12.1 Å². The van der Waals surface area contributed by atoms with Gasteiger partial charge < -0.3 is 0 Å². The Labute approximate surface area is 142 Å². The zero-order chi connectivity index (χ0) is 17.1. The van der Waals surface area contributed by atoms with Crippen LogP contribution in [0, 0.1) is 11.7 Å². The Bertz CT molecular complexity index is 819. The van der Waals surface area contributed by atoms with Crippen molar-refractivity contribution in [3.05, 3.63) is 60.3 Å². The molecule has 124 valence electrons. The molecule has 0 fully saturated rings. The molecular formula is C20H22FN3. The molecule has 0 N–H and O–H groups in total. The third-order valence-electron chi connectivity index (χ3n) is 4.01. The van der Waals surface area contributed by atoms with E-state index in [-0.39, 0.29) is 5.82 Å². The van der Waals surface area contributed by atoms with Gasteiger partial charge in [0, 0.05) is 36.3 Å². The van der Waals surface area contributed by atoms with Crippen molar-refractivity contribution in [2.24, 2.45) is 5.92 Å². The number of hydrogen-bond acceptors (Lipinski definition) is 2. The molecule has 2 heterocycles. The fourth-order valence-electron chi connectivity index (χ4n) is 2.88. The molecule has 0 saturated heterocycles. The fourth-order valence-corrected chi connectivity index (χ4v) is 2.88. The monoisotopic (exact) mass is 323 g/mol. The number of aryl methyl sites for hydroxylation is 1. The van der Waals surface area contributed by atoms with E-state index < -0.39 is 0 Å². The Morgan fingerprint density at radius 1 is 1.08 bits per heavy atom. The molecule has 0 unspecified atom stereocenters. The number of benzene rings is 1. The van der Waals surface area contributed by atoms with Crippen molar-refractivity contribution < 1.29 is 4.39 Å². The van der Waals surface area contributed by atoms with Gasteiger partial charge in [0.15, 0.2) is 0 Å². The van der Waals surface area contributed by atoms with Gasteiger partial charge in [0.25, 0.3) is 0 Å². The van der Waals surface area contributed by atoms with Crippen molar-refractivity contribution in [3.63, 3.8) is 0 Å².